The van der Waals surface area contributed by atoms with Crippen LogP contribution in [0.3, 0.4) is 0 Å². The summed E-state index contributed by atoms with van der Waals surface area (Å²) < 4.78 is 40.1. The van der Waals surface area contributed by atoms with Crippen molar-refractivity contribution < 1.29 is 13.2 Å². The Kier molecular flexibility index (Phi) is 2.49. The second-order valence-corrected chi connectivity index (χ2v) is 4.90. The highest BCUT2D eigenvalue weighted by molar-refractivity contribution is 5.34. The van der Waals surface area contributed by atoms with Crippen LogP contribution in [0.1, 0.15) is 25.3 Å². The third-order valence-corrected chi connectivity index (χ3v) is 3.69. The van der Waals surface area contributed by atoms with E-state index in [0.29, 0.717) is 6.54 Å². The van der Waals surface area contributed by atoms with Gasteiger partial charge in [-0.2, -0.15) is 0 Å². The van der Waals surface area contributed by atoms with Crippen LogP contribution in [0.2, 0.25) is 0 Å². The molecule has 4 heteroatoms. The third-order valence-electron chi connectivity index (χ3n) is 3.69. The molecular weight excluding hydrogens is 215 g/mol. The van der Waals surface area contributed by atoms with Crippen LogP contribution in [0.5, 0.6) is 0 Å². The highest BCUT2D eigenvalue weighted by Crippen LogP contribution is 2.64. The molecule has 0 aliphatic heterocycles. The number of halogens is 3. The molecule has 0 aromatic heterocycles. The van der Waals surface area contributed by atoms with Crippen LogP contribution in [-0.4, -0.2) is 6.54 Å². The van der Waals surface area contributed by atoms with E-state index in [0.717, 1.165) is 12.1 Å². The van der Waals surface area contributed by atoms with Gasteiger partial charge in [-0.15, -0.1) is 0 Å². The fraction of sp³-hybridized carbons (Fsp3) is 0.500. The first kappa shape index (κ1) is 11.5. The van der Waals surface area contributed by atoms with Gasteiger partial charge in [0.2, 0.25) is 0 Å². The average Bonchev–Trinajstić information content (AvgIpc) is 2.75. The van der Waals surface area contributed by atoms with E-state index in [4.69, 9.17) is 5.73 Å². The Morgan fingerprint density at radius 2 is 1.75 bits per heavy atom. The number of hydrogen-bond donors (Lipinski definition) is 1. The lowest BCUT2D eigenvalue weighted by atomic mass is 10.0. The van der Waals surface area contributed by atoms with Crippen molar-refractivity contribution in [1.82, 2.24) is 0 Å². The summed E-state index contributed by atoms with van der Waals surface area (Å²) in [5.41, 5.74) is 5.12. The topological polar surface area (TPSA) is 26.0 Å². The van der Waals surface area contributed by atoms with Crippen molar-refractivity contribution in [3.05, 3.63) is 35.1 Å². The van der Waals surface area contributed by atoms with Gasteiger partial charge in [0.15, 0.2) is 11.6 Å². The first-order chi connectivity index (χ1) is 7.41. The summed E-state index contributed by atoms with van der Waals surface area (Å²) in [5, 5.41) is 0. The Balaban J connectivity index is 2.47. The van der Waals surface area contributed by atoms with Crippen molar-refractivity contribution in [2.24, 2.45) is 17.1 Å². The van der Waals surface area contributed by atoms with Crippen molar-refractivity contribution in [2.45, 2.75) is 19.8 Å². The molecule has 0 unspecified atom stereocenters. The average molecular weight is 229 g/mol. The van der Waals surface area contributed by atoms with Crippen LogP contribution >= 0.6 is 0 Å². The van der Waals surface area contributed by atoms with Crippen molar-refractivity contribution in [1.29, 1.82) is 0 Å². The predicted molar refractivity (Wildman–Crippen MR) is 55.4 cm³/mol. The number of hydrogen-bond acceptors (Lipinski definition) is 1. The Hall–Kier alpha value is -1.03. The molecule has 1 aliphatic rings. The second kappa shape index (κ2) is 3.48. The molecular formula is C12H14F3N. The molecule has 2 rings (SSSR count). The monoisotopic (exact) mass is 229 g/mol. The smallest absolute Gasteiger partial charge is 0.165 e. The van der Waals surface area contributed by atoms with E-state index in [-0.39, 0.29) is 22.8 Å². The highest BCUT2D eigenvalue weighted by Gasteiger charge is 2.59. The van der Waals surface area contributed by atoms with Crippen molar-refractivity contribution in [2.75, 3.05) is 6.54 Å². The van der Waals surface area contributed by atoms with Gasteiger partial charge in [0.1, 0.15) is 5.82 Å². The molecule has 1 fully saturated rings. The van der Waals surface area contributed by atoms with Crippen molar-refractivity contribution >= 4 is 0 Å². The van der Waals surface area contributed by atoms with Crippen LogP contribution in [0.25, 0.3) is 0 Å². The van der Waals surface area contributed by atoms with Crippen molar-refractivity contribution in [3.8, 4) is 0 Å². The van der Waals surface area contributed by atoms with Gasteiger partial charge in [0, 0.05) is 5.56 Å². The Bertz CT molecular complexity index is 429. The fourth-order valence-corrected chi connectivity index (χ4v) is 2.58. The largest absolute Gasteiger partial charge is 0.330 e. The molecule has 1 nitrogen and oxygen atoms in total. The van der Waals surface area contributed by atoms with Crippen LogP contribution in [0, 0.1) is 28.8 Å². The lowest BCUT2D eigenvalue weighted by Gasteiger charge is -2.06. The van der Waals surface area contributed by atoms with Gasteiger partial charge in [-0.25, -0.2) is 13.2 Å². The first-order valence-corrected chi connectivity index (χ1v) is 5.24. The third kappa shape index (κ3) is 1.44. The quantitative estimate of drug-likeness (QED) is 0.775. The Labute approximate surface area is 92.5 Å². The molecule has 1 aromatic carbocycles. The minimum Gasteiger partial charge on any atom is -0.330 e. The molecule has 0 amide bonds. The van der Waals surface area contributed by atoms with Gasteiger partial charge in [-0.3, -0.25) is 0 Å². The van der Waals surface area contributed by atoms with E-state index in [1.165, 1.54) is 0 Å². The lowest BCUT2D eigenvalue weighted by Crippen LogP contribution is -2.05. The molecule has 16 heavy (non-hydrogen) atoms. The molecule has 2 N–H and O–H groups in total. The zero-order valence-electron chi connectivity index (χ0n) is 9.23. The number of benzene rings is 1. The lowest BCUT2D eigenvalue weighted by molar-refractivity contribution is 0.471. The maximum absolute atomic E-state index is 13.6. The van der Waals surface area contributed by atoms with E-state index >= 15 is 0 Å². The summed E-state index contributed by atoms with van der Waals surface area (Å²) in [6.07, 6.45) is 0. The maximum atomic E-state index is 13.6. The van der Waals surface area contributed by atoms with Gasteiger partial charge in [-0.1, -0.05) is 13.8 Å². The minimum absolute atomic E-state index is 0.0123. The molecule has 0 saturated heterocycles. The standard InChI is InChI=1S/C12H14F3N/c1-12(2)6(5-16)10(12)9-7(13)3-4-8(14)11(9)15/h3-4,6,10H,5,16H2,1-2H3/t6-,10+/m1/s1. The van der Waals surface area contributed by atoms with E-state index in [1.807, 2.05) is 13.8 Å². The Morgan fingerprint density at radius 1 is 1.19 bits per heavy atom. The highest BCUT2D eigenvalue weighted by atomic mass is 19.2. The molecule has 1 aliphatic carbocycles. The van der Waals surface area contributed by atoms with Crippen LogP contribution in [-0.2, 0) is 0 Å². The molecule has 2 atom stereocenters. The van der Waals surface area contributed by atoms with E-state index in [9.17, 15) is 13.2 Å². The van der Waals surface area contributed by atoms with Gasteiger partial charge >= 0.3 is 0 Å². The van der Waals surface area contributed by atoms with Gasteiger partial charge in [0.05, 0.1) is 0 Å². The van der Waals surface area contributed by atoms with Gasteiger partial charge in [-0.05, 0) is 35.9 Å². The zero-order valence-corrected chi connectivity index (χ0v) is 9.23. The van der Waals surface area contributed by atoms with Gasteiger partial charge < -0.3 is 5.73 Å². The second-order valence-electron chi connectivity index (χ2n) is 4.90. The summed E-state index contributed by atoms with van der Waals surface area (Å²) in [4.78, 5) is 0. The number of nitrogens with two attached hydrogens (primary N) is 1. The van der Waals surface area contributed by atoms with E-state index in [2.05, 4.69) is 0 Å². The molecule has 1 aromatic rings. The van der Waals surface area contributed by atoms with Gasteiger partial charge in [0.25, 0.3) is 0 Å². The summed E-state index contributed by atoms with van der Waals surface area (Å²) in [7, 11) is 0. The zero-order chi connectivity index (χ0) is 12.1. The summed E-state index contributed by atoms with van der Waals surface area (Å²) in [6.45, 7) is 4.13. The van der Waals surface area contributed by atoms with Crippen molar-refractivity contribution in [3.63, 3.8) is 0 Å². The fourth-order valence-electron chi connectivity index (χ4n) is 2.58. The summed E-state index contributed by atoms with van der Waals surface area (Å²) >= 11 is 0. The molecule has 1 saturated carbocycles. The SMILES string of the molecule is CC1(C)[C@H](CN)[C@H]1c1c(F)ccc(F)c1F. The first-order valence-electron chi connectivity index (χ1n) is 5.24. The predicted octanol–water partition coefficient (Wildman–Crippen LogP) is 2.80. The van der Waals surface area contributed by atoms with E-state index < -0.39 is 17.5 Å². The molecule has 0 bridgehead atoms. The van der Waals surface area contributed by atoms with Crippen LogP contribution < -0.4 is 5.73 Å². The number of rotatable bonds is 2. The molecule has 0 spiro atoms. The minimum atomic E-state index is -1.07. The normalized spacial score (nSPS) is 26.9. The van der Waals surface area contributed by atoms with Crippen LogP contribution in [0.4, 0.5) is 13.2 Å². The van der Waals surface area contributed by atoms with Crippen LogP contribution in [0.15, 0.2) is 12.1 Å². The molecule has 88 valence electrons. The molecule has 0 heterocycles. The Morgan fingerprint density at radius 3 is 2.25 bits per heavy atom. The van der Waals surface area contributed by atoms with E-state index in [1.54, 1.807) is 0 Å². The maximum Gasteiger partial charge on any atom is 0.165 e. The summed E-state index contributed by atoms with van der Waals surface area (Å²) in [6, 6.07) is 1.77. The molecule has 0 radical (unpaired) electrons. The summed E-state index contributed by atoms with van der Waals surface area (Å²) in [5.74, 6) is -3.08.